The lowest BCUT2D eigenvalue weighted by atomic mass is 11.3. The lowest BCUT2D eigenvalue weighted by molar-refractivity contribution is -0.567. The molecular formula is C3H12N4O5. The molecule has 74 valence electrons. The first-order chi connectivity index (χ1) is 5.85. The number of rotatable bonds is 8. The summed E-state index contributed by atoms with van der Waals surface area (Å²) < 4.78 is 0. The Hall–Kier alpha value is -0.360. The zero-order chi connectivity index (χ0) is 9.23. The van der Waals surface area contributed by atoms with Gasteiger partial charge in [0.05, 0.1) is 14.2 Å². The lowest BCUT2D eigenvalue weighted by Gasteiger charge is -2.14. The molecule has 0 aliphatic carbocycles. The summed E-state index contributed by atoms with van der Waals surface area (Å²) in [7, 11) is 2.76. The summed E-state index contributed by atoms with van der Waals surface area (Å²) in [6, 6.07) is 0. The normalized spacial score (nSPS) is 11.0. The van der Waals surface area contributed by atoms with Crippen LogP contribution in [0.25, 0.3) is 0 Å². The van der Waals surface area contributed by atoms with E-state index in [2.05, 4.69) is 29.9 Å². The second-order valence-corrected chi connectivity index (χ2v) is 1.33. The van der Waals surface area contributed by atoms with Crippen molar-refractivity contribution in [1.29, 1.82) is 0 Å². The summed E-state index contributed by atoms with van der Waals surface area (Å²) in [4.78, 5) is 21.8. The highest BCUT2D eigenvalue weighted by Gasteiger charge is 2.04. The number of nitrogens with two attached hydrogens (primary N) is 1. The van der Waals surface area contributed by atoms with Crippen molar-refractivity contribution in [3.63, 3.8) is 0 Å². The van der Waals surface area contributed by atoms with Gasteiger partial charge in [-0.2, -0.15) is 16.3 Å². The van der Waals surface area contributed by atoms with Crippen LogP contribution >= 0.6 is 0 Å². The highest BCUT2D eigenvalue weighted by molar-refractivity contribution is 3.99. The molecule has 0 amide bonds. The van der Waals surface area contributed by atoms with Crippen LogP contribution in [0.2, 0.25) is 0 Å². The third-order valence-electron chi connectivity index (χ3n) is 0.654. The molecule has 0 aromatic carbocycles. The predicted octanol–water partition coefficient (Wildman–Crippen LogP) is -1.87. The summed E-state index contributed by atoms with van der Waals surface area (Å²) in [6.07, 6.45) is 0. The highest BCUT2D eigenvalue weighted by Crippen LogP contribution is 1.85. The summed E-state index contributed by atoms with van der Waals surface area (Å²) in [5.74, 6) is 4.71. The van der Waals surface area contributed by atoms with E-state index in [-0.39, 0.29) is 6.73 Å². The van der Waals surface area contributed by atoms with Gasteiger partial charge >= 0.3 is 0 Å². The Labute approximate surface area is 68.9 Å². The van der Waals surface area contributed by atoms with Crippen LogP contribution in [-0.2, 0) is 24.4 Å². The van der Waals surface area contributed by atoms with Crippen LogP contribution in [0.5, 0.6) is 0 Å². The molecular weight excluding hydrogens is 172 g/mol. The Kier molecular flexibility index (Phi) is 8.47. The Morgan fingerprint density at radius 1 is 1.33 bits per heavy atom. The van der Waals surface area contributed by atoms with E-state index in [1.165, 1.54) is 14.2 Å². The van der Waals surface area contributed by atoms with Crippen LogP contribution in [0.15, 0.2) is 0 Å². The monoisotopic (exact) mass is 184 g/mol. The van der Waals surface area contributed by atoms with E-state index in [1.807, 2.05) is 5.64 Å². The molecule has 9 nitrogen and oxygen atoms in total. The minimum Gasteiger partial charge on any atom is -0.303 e. The second kappa shape index (κ2) is 8.73. The minimum atomic E-state index is -0.0148. The van der Waals surface area contributed by atoms with Crippen LogP contribution in [0, 0.1) is 0 Å². The average molecular weight is 184 g/mol. The van der Waals surface area contributed by atoms with E-state index in [0.717, 1.165) is 0 Å². The number of nitrogens with zero attached hydrogens (tertiary/aromatic N) is 1. The van der Waals surface area contributed by atoms with Crippen molar-refractivity contribution < 1.29 is 24.4 Å². The van der Waals surface area contributed by atoms with Crippen molar-refractivity contribution in [3.8, 4) is 0 Å². The van der Waals surface area contributed by atoms with Gasteiger partial charge in [-0.3, -0.25) is 4.84 Å². The molecule has 9 heteroatoms. The standard InChI is InChI=1S/C3H12N4O5/c1-8-5-3-10-7(11-4)12-6-9-2/h5-6H,3-4H2,1-2H3. The summed E-state index contributed by atoms with van der Waals surface area (Å²) in [5.41, 5.74) is 4.29. The van der Waals surface area contributed by atoms with E-state index in [4.69, 9.17) is 5.90 Å². The lowest BCUT2D eigenvalue weighted by Crippen LogP contribution is -2.36. The maximum absolute atomic E-state index is 4.71. The number of nitrogens with one attached hydrogen (secondary N) is 2. The molecule has 0 aromatic heterocycles. The maximum Gasteiger partial charge on any atom is 0.146 e. The topological polar surface area (TPSA) is 99.5 Å². The first-order valence-corrected chi connectivity index (χ1v) is 2.85. The van der Waals surface area contributed by atoms with E-state index < -0.39 is 0 Å². The van der Waals surface area contributed by atoms with E-state index in [0.29, 0.717) is 5.39 Å². The van der Waals surface area contributed by atoms with Crippen molar-refractivity contribution in [2.75, 3.05) is 21.0 Å². The van der Waals surface area contributed by atoms with Crippen LogP contribution in [0.3, 0.4) is 0 Å². The van der Waals surface area contributed by atoms with Crippen LogP contribution in [-0.4, -0.2) is 26.3 Å². The van der Waals surface area contributed by atoms with Crippen molar-refractivity contribution >= 4 is 0 Å². The Balaban J connectivity index is 3.26. The fraction of sp³-hybridized carbons (Fsp3) is 1.00. The molecule has 0 unspecified atom stereocenters. The SMILES string of the molecule is CONCON(ON)ONOC. The first-order valence-electron chi connectivity index (χ1n) is 2.85. The molecule has 0 spiro atoms. The second-order valence-electron chi connectivity index (χ2n) is 1.33. The zero-order valence-electron chi connectivity index (χ0n) is 6.77. The minimum absolute atomic E-state index is 0.0148. The zero-order valence-corrected chi connectivity index (χ0v) is 6.77. The molecule has 4 N–H and O–H groups in total. The van der Waals surface area contributed by atoms with Crippen LogP contribution in [0.1, 0.15) is 0 Å². The largest absolute Gasteiger partial charge is 0.303 e. The van der Waals surface area contributed by atoms with E-state index in [1.54, 1.807) is 0 Å². The van der Waals surface area contributed by atoms with Gasteiger partial charge in [0.25, 0.3) is 0 Å². The summed E-state index contributed by atoms with van der Waals surface area (Å²) in [6.45, 7) is -0.0148. The van der Waals surface area contributed by atoms with Gasteiger partial charge in [0, 0.05) is 0 Å². The van der Waals surface area contributed by atoms with Gasteiger partial charge in [-0.15, -0.1) is 4.94 Å². The molecule has 0 rings (SSSR count). The first kappa shape index (κ1) is 11.6. The molecule has 0 atom stereocenters. The number of hydrogen-bond acceptors (Lipinski definition) is 9. The molecule has 0 aliphatic heterocycles. The maximum atomic E-state index is 4.71. The molecule has 0 saturated heterocycles. The van der Waals surface area contributed by atoms with Crippen molar-refractivity contribution in [2.45, 2.75) is 0 Å². The Bertz CT molecular complexity index is 94.8. The van der Waals surface area contributed by atoms with Gasteiger partial charge in [-0.1, -0.05) is 5.64 Å². The van der Waals surface area contributed by atoms with Crippen LogP contribution in [0.4, 0.5) is 0 Å². The molecule has 0 fully saturated rings. The Morgan fingerprint density at radius 2 is 2.08 bits per heavy atom. The molecule has 0 aromatic rings. The van der Waals surface area contributed by atoms with E-state index >= 15 is 0 Å². The summed E-state index contributed by atoms with van der Waals surface area (Å²) in [5, 5.41) is 0.468. The van der Waals surface area contributed by atoms with Gasteiger partial charge in [-0.05, 0) is 0 Å². The highest BCUT2D eigenvalue weighted by atomic mass is 17.3. The number of hydrogen-bond donors (Lipinski definition) is 3. The van der Waals surface area contributed by atoms with Gasteiger partial charge < -0.3 is 4.84 Å². The van der Waals surface area contributed by atoms with Gasteiger partial charge in [0.15, 0.2) is 0 Å². The van der Waals surface area contributed by atoms with Gasteiger partial charge in [-0.25, -0.2) is 4.84 Å². The molecule has 0 radical (unpaired) electrons. The summed E-state index contributed by atoms with van der Waals surface area (Å²) >= 11 is 0. The smallest absolute Gasteiger partial charge is 0.146 e. The molecule has 0 aliphatic rings. The van der Waals surface area contributed by atoms with Crippen LogP contribution < -0.4 is 17.0 Å². The molecule has 0 bridgehead atoms. The quantitative estimate of drug-likeness (QED) is 0.227. The number of hydroxylamine groups is 1. The van der Waals surface area contributed by atoms with Crippen molar-refractivity contribution in [2.24, 2.45) is 5.90 Å². The third-order valence-corrected chi connectivity index (χ3v) is 0.654. The average Bonchev–Trinajstić information content (AvgIpc) is 2.11. The van der Waals surface area contributed by atoms with Gasteiger partial charge in [0.2, 0.25) is 0 Å². The van der Waals surface area contributed by atoms with E-state index in [9.17, 15) is 0 Å². The predicted molar refractivity (Wildman–Crippen MR) is 34.4 cm³/mol. The fourth-order valence-corrected chi connectivity index (χ4v) is 0.284. The third kappa shape index (κ3) is 6.36. The molecule has 0 heterocycles. The molecule has 0 saturated carbocycles. The van der Waals surface area contributed by atoms with Crippen molar-refractivity contribution in [1.82, 2.24) is 16.5 Å². The fourth-order valence-electron chi connectivity index (χ4n) is 0.284. The Morgan fingerprint density at radius 3 is 2.58 bits per heavy atom. The van der Waals surface area contributed by atoms with Crippen molar-refractivity contribution in [3.05, 3.63) is 0 Å². The van der Waals surface area contributed by atoms with Gasteiger partial charge in [0.1, 0.15) is 12.1 Å². The molecule has 12 heavy (non-hydrogen) atoms.